The lowest BCUT2D eigenvalue weighted by Gasteiger charge is -2.46. The molecule has 1 aliphatic carbocycles. The average molecular weight is 704 g/mol. The number of phosphoric ester groups is 1. The Balaban J connectivity index is 3.76. The van der Waals surface area contributed by atoms with Crippen molar-refractivity contribution in [3.05, 3.63) is 0 Å². The molecule has 0 aliphatic heterocycles. The van der Waals surface area contributed by atoms with E-state index in [0.29, 0.717) is 0 Å². The first-order chi connectivity index (χ1) is 16.4. The van der Waals surface area contributed by atoms with Gasteiger partial charge in [0.2, 0.25) is 19.3 Å². The maximum absolute atomic E-state index is 12.2. The zero-order chi connectivity index (χ0) is 28.1. The van der Waals surface area contributed by atoms with E-state index in [9.17, 15) is 38.6 Å². The van der Waals surface area contributed by atoms with Crippen molar-refractivity contribution >= 4 is 125 Å². The number of ether oxygens (including phenoxy) is 4. The number of carbonyl (C=O) groups excluding carboxylic acids is 4. The number of aliphatic hydroxyl groups excluding tert-OH is 1. The van der Waals surface area contributed by atoms with Crippen molar-refractivity contribution < 1.29 is 62.1 Å². The largest absolute Gasteiger partial charge is 0.470 e. The molecule has 0 saturated heterocycles. The predicted octanol–water partition coefficient (Wildman–Crippen LogP) is 1.70. The van der Waals surface area contributed by atoms with Crippen molar-refractivity contribution in [1.82, 2.24) is 0 Å². The van der Waals surface area contributed by atoms with Crippen molar-refractivity contribution in [3.8, 4) is 0 Å². The number of rotatable bonds is 10. The quantitative estimate of drug-likeness (QED) is 0.129. The van der Waals surface area contributed by atoms with Crippen LogP contribution in [0.25, 0.3) is 0 Å². The Kier molecular flexibility index (Phi) is 13.9. The van der Waals surface area contributed by atoms with Crippen molar-refractivity contribution in [3.63, 3.8) is 0 Å². The molecule has 6 atom stereocenters. The van der Waals surface area contributed by atoms with Gasteiger partial charge in [-0.15, -0.1) is 0 Å². The van der Waals surface area contributed by atoms with E-state index in [1.807, 2.05) is 0 Å². The second-order valence-corrected chi connectivity index (χ2v) is 11.9. The Bertz CT molecular complexity index is 868. The number of aliphatic hydroxyl groups is 1. The first kappa shape index (κ1) is 34.3. The summed E-state index contributed by atoms with van der Waals surface area (Å²) in [5.41, 5.74) is 0. The fraction of sp³-hybridized carbons (Fsp3) is 0.714. The molecule has 36 heavy (non-hydrogen) atoms. The van der Waals surface area contributed by atoms with Gasteiger partial charge in [0.1, 0.15) is 12.2 Å². The van der Waals surface area contributed by atoms with Crippen molar-refractivity contribution in [1.29, 1.82) is 0 Å². The second-order valence-electron chi connectivity index (χ2n) is 6.36. The molecule has 1 fully saturated rings. The average Bonchev–Trinajstić information content (AvgIpc) is 2.73. The fourth-order valence-corrected chi connectivity index (χ4v) is 3.67. The molecule has 6 unspecified atom stereocenters. The summed E-state index contributed by atoms with van der Waals surface area (Å²) in [4.78, 5) is 59.4. The third-order valence-electron chi connectivity index (χ3n) is 3.95. The molecular formula is C14H13Cl8O13P. The van der Waals surface area contributed by atoms with E-state index in [0.717, 1.165) is 0 Å². The van der Waals surface area contributed by atoms with Gasteiger partial charge in [-0.3, -0.25) is 4.52 Å². The summed E-state index contributed by atoms with van der Waals surface area (Å²) in [6, 6.07) is 0. The summed E-state index contributed by atoms with van der Waals surface area (Å²) >= 11 is 43.5. The molecule has 1 saturated carbocycles. The van der Waals surface area contributed by atoms with E-state index in [-0.39, 0.29) is 0 Å². The van der Waals surface area contributed by atoms with Gasteiger partial charge in [-0.1, -0.05) is 92.8 Å². The normalized spacial score (nSPS) is 26.8. The smallest absolute Gasteiger partial charge is 0.453 e. The number of hydrogen-bond donors (Lipinski definition) is 3. The number of hydrogen-bond acceptors (Lipinski definition) is 11. The third kappa shape index (κ3) is 10.1. The van der Waals surface area contributed by atoms with E-state index in [1.165, 1.54) is 0 Å². The lowest BCUT2D eigenvalue weighted by Crippen LogP contribution is -2.68. The minimum absolute atomic E-state index is 1.48. The maximum Gasteiger partial charge on any atom is 0.470 e. The van der Waals surface area contributed by atoms with E-state index in [2.05, 4.69) is 4.52 Å². The summed E-state index contributed by atoms with van der Waals surface area (Å²) in [6.45, 7) is 0. The summed E-state index contributed by atoms with van der Waals surface area (Å²) in [5, 5.41) is 10.8. The van der Waals surface area contributed by atoms with Gasteiger partial charge in [0.05, 0.1) is 0 Å². The number of alkyl halides is 8. The molecular weight excluding hydrogens is 691 g/mol. The Morgan fingerprint density at radius 2 is 0.806 bits per heavy atom. The van der Waals surface area contributed by atoms with Crippen molar-refractivity contribution in [2.75, 3.05) is 0 Å². The van der Waals surface area contributed by atoms with Gasteiger partial charge in [0.15, 0.2) is 24.4 Å². The molecule has 0 aromatic carbocycles. The Morgan fingerprint density at radius 3 is 1.08 bits per heavy atom. The molecule has 3 N–H and O–H groups in total. The molecule has 1 rings (SSSR count). The van der Waals surface area contributed by atoms with Crippen molar-refractivity contribution in [2.45, 2.75) is 56.0 Å². The van der Waals surface area contributed by atoms with Crippen LogP contribution in [-0.2, 0) is 47.2 Å². The number of esters is 4. The van der Waals surface area contributed by atoms with Gasteiger partial charge in [-0.05, 0) is 0 Å². The Labute approximate surface area is 241 Å². The predicted molar refractivity (Wildman–Crippen MR) is 124 cm³/mol. The van der Waals surface area contributed by atoms with Crippen LogP contribution in [-0.4, -0.2) is 94.7 Å². The summed E-state index contributed by atoms with van der Waals surface area (Å²) in [5.74, 6) is -5.98. The minimum atomic E-state index is -5.55. The highest BCUT2D eigenvalue weighted by Crippen LogP contribution is 2.44. The van der Waals surface area contributed by atoms with Crippen LogP contribution in [0.1, 0.15) is 0 Å². The van der Waals surface area contributed by atoms with Gasteiger partial charge in [0.25, 0.3) is 0 Å². The molecule has 22 heteroatoms. The van der Waals surface area contributed by atoms with Crippen LogP contribution in [0.15, 0.2) is 0 Å². The molecule has 0 aromatic rings. The van der Waals surface area contributed by atoms with Crippen LogP contribution >= 0.6 is 101 Å². The zero-order valence-electron chi connectivity index (χ0n) is 16.7. The first-order valence-corrected chi connectivity index (χ1v) is 13.8. The summed E-state index contributed by atoms with van der Waals surface area (Å²) in [7, 11) is -5.55. The molecule has 208 valence electrons. The monoisotopic (exact) mass is 700 g/mol. The highest BCUT2D eigenvalue weighted by Gasteiger charge is 2.60. The number of phosphoric acid groups is 1. The zero-order valence-corrected chi connectivity index (χ0v) is 23.6. The molecule has 0 amide bonds. The second kappa shape index (κ2) is 14.6. The minimum Gasteiger partial charge on any atom is -0.453 e. The van der Waals surface area contributed by atoms with Gasteiger partial charge >= 0.3 is 31.7 Å². The third-order valence-corrected chi connectivity index (χ3v) is 5.89. The van der Waals surface area contributed by atoms with Crippen LogP contribution in [0.2, 0.25) is 0 Å². The first-order valence-electron chi connectivity index (χ1n) is 8.74. The van der Waals surface area contributed by atoms with Gasteiger partial charge < -0.3 is 33.8 Å². The SMILES string of the molecule is O=C(OC1C(O)C(OP(=O)(O)O)C(OC(=O)C(Cl)Cl)C(OC(=O)C(Cl)Cl)C1OC(=O)C(Cl)Cl)C(Cl)Cl. The Hall–Kier alpha value is 0.270. The maximum atomic E-state index is 12.2. The molecule has 13 nitrogen and oxygen atoms in total. The molecule has 0 bridgehead atoms. The summed E-state index contributed by atoms with van der Waals surface area (Å²) in [6.07, 6.45) is -13.8. The lowest BCUT2D eigenvalue weighted by molar-refractivity contribution is -0.249. The Morgan fingerprint density at radius 1 is 0.556 bits per heavy atom. The summed E-state index contributed by atoms with van der Waals surface area (Å²) < 4.78 is 35.8. The van der Waals surface area contributed by atoms with Gasteiger partial charge in [0, 0.05) is 0 Å². The van der Waals surface area contributed by atoms with Gasteiger partial charge in [-0.2, -0.15) is 0 Å². The highest BCUT2D eigenvalue weighted by atomic mass is 35.5. The van der Waals surface area contributed by atoms with Gasteiger partial charge in [-0.25, -0.2) is 23.7 Å². The molecule has 0 spiro atoms. The standard InChI is InChI=1S/C14H13Cl8O13P/c15-7(16)11(24)31-2-1(23)3(35-36(28,29)30)5(33-13(26)9(19)20)6(34-14(27)10(21)22)4(2)32-12(25)8(17)18/h1-10,23H,(H2,28,29,30). The number of carbonyl (C=O) groups is 4. The van der Waals surface area contributed by atoms with Crippen LogP contribution in [0.3, 0.4) is 0 Å². The molecule has 0 radical (unpaired) electrons. The van der Waals surface area contributed by atoms with E-state index in [4.69, 9.17) is 112 Å². The lowest BCUT2D eigenvalue weighted by atomic mass is 9.84. The fourth-order valence-electron chi connectivity index (χ4n) is 2.70. The van der Waals surface area contributed by atoms with E-state index < -0.39 is 87.7 Å². The van der Waals surface area contributed by atoms with E-state index in [1.54, 1.807) is 0 Å². The van der Waals surface area contributed by atoms with Crippen LogP contribution < -0.4 is 0 Å². The highest BCUT2D eigenvalue weighted by molar-refractivity contribution is 7.46. The van der Waals surface area contributed by atoms with Crippen molar-refractivity contribution in [2.24, 2.45) is 0 Å². The molecule has 1 aliphatic rings. The number of halogens is 8. The molecule has 0 aromatic heterocycles. The van der Waals surface area contributed by atoms with Crippen LogP contribution in [0.4, 0.5) is 0 Å². The topological polar surface area (TPSA) is 192 Å². The molecule has 0 heterocycles. The van der Waals surface area contributed by atoms with Crippen LogP contribution in [0.5, 0.6) is 0 Å². The van der Waals surface area contributed by atoms with Crippen LogP contribution in [0, 0.1) is 0 Å². The van der Waals surface area contributed by atoms with E-state index >= 15 is 0 Å².